The maximum Gasteiger partial charge on any atom is 0.119 e. The average Bonchev–Trinajstić information content (AvgIpc) is 2.59. The predicted molar refractivity (Wildman–Crippen MR) is 125 cm³/mol. The number of benzene rings is 1. The van der Waals surface area contributed by atoms with Gasteiger partial charge in [-0.2, -0.15) is 0 Å². The van der Waals surface area contributed by atoms with Gasteiger partial charge in [-0.15, -0.1) is 0 Å². The molecule has 1 heterocycles. The largest absolute Gasteiger partial charge is 0.491 e. The summed E-state index contributed by atoms with van der Waals surface area (Å²) in [5.74, 6) is 2.28. The number of aliphatic hydroxyl groups excluding tert-OH is 1. The molecule has 0 unspecified atom stereocenters. The minimum absolute atomic E-state index is 0.139. The fourth-order valence-corrected chi connectivity index (χ4v) is 5.16. The van der Waals surface area contributed by atoms with Crippen molar-refractivity contribution in [3.63, 3.8) is 0 Å². The number of rotatable bonds is 10. The molecule has 172 valence electrons. The molecule has 0 spiro atoms. The van der Waals surface area contributed by atoms with Crippen LogP contribution < -0.4 is 4.74 Å². The summed E-state index contributed by atoms with van der Waals surface area (Å²) in [5, 5.41) is 10.3. The van der Waals surface area contributed by atoms with Crippen molar-refractivity contribution in [2.45, 2.75) is 72.8 Å². The Morgan fingerprint density at radius 3 is 2.17 bits per heavy atom. The van der Waals surface area contributed by atoms with E-state index in [1.807, 2.05) is 12.1 Å². The van der Waals surface area contributed by atoms with Crippen molar-refractivity contribution in [3.8, 4) is 5.75 Å². The van der Waals surface area contributed by atoms with Crippen molar-refractivity contribution in [2.24, 2.45) is 17.3 Å². The van der Waals surface area contributed by atoms with Crippen molar-refractivity contribution in [3.05, 3.63) is 29.8 Å². The number of ether oxygens (including phenoxy) is 2. The summed E-state index contributed by atoms with van der Waals surface area (Å²) in [6.07, 6.45) is 1.98. The van der Waals surface area contributed by atoms with Gasteiger partial charge in [0.25, 0.3) is 0 Å². The third-order valence-corrected chi connectivity index (χ3v) is 5.83. The lowest BCUT2D eigenvalue weighted by atomic mass is 9.72. The zero-order valence-corrected chi connectivity index (χ0v) is 20.4. The number of aliphatic hydroxyl groups is 1. The lowest BCUT2D eigenvalue weighted by Crippen LogP contribution is -2.43. The predicted octanol–water partition coefficient (Wildman–Crippen LogP) is 5.13. The van der Waals surface area contributed by atoms with Crippen molar-refractivity contribution in [1.29, 1.82) is 0 Å². The Morgan fingerprint density at radius 1 is 1.00 bits per heavy atom. The minimum atomic E-state index is -0.438. The van der Waals surface area contributed by atoms with Gasteiger partial charge in [0.05, 0.1) is 19.3 Å². The lowest BCUT2D eigenvalue weighted by molar-refractivity contribution is -0.00211. The Hall–Kier alpha value is -1.10. The molecule has 1 aliphatic heterocycles. The fourth-order valence-electron chi connectivity index (χ4n) is 5.16. The Labute approximate surface area is 185 Å². The maximum absolute atomic E-state index is 10.3. The Morgan fingerprint density at radius 2 is 1.60 bits per heavy atom. The highest BCUT2D eigenvalue weighted by atomic mass is 16.5. The molecule has 1 aromatic rings. The molecule has 4 nitrogen and oxygen atoms in total. The van der Waals surface area contributed by atoms with Crippen LogP contribution in [-0.2, 0) is 10.2 Å². The van der Waals surface area contributed by atoms with E-state index in [1.165, 1.54) is 12.0 Å². The third-order valence-electron chi connectivity index (χ3n) is 5.83. The molecular weight excluding hydrogens is 374 g/mol. The second-order valence-corrected chi connectivity index (χ2v) is 11.4. The van der Waals surface area contributed by atoms with Crippen molar-refractivity contribution < 1.29 is 14.6 Å². The molecule has 30 heavy (non-hydrogen) atoms. The molecule has 0 amide bonds. The van der Waals surface area contributed by atoms with Gasteiger partial charge in [-0.05, 0) is 53.2 Å². The van der Waals surface area contributed by atoms with Gasteiger partial charge in [0.2, 0.25) is 0 Å². The second-order valence-electron chi connectivity index (χ2n) is 11.4. The first-order valence-electron chi connectivity index (χ1n) is 11.7. The summed E-state index contributed by atoms with van der Waals surface area (Å²) in [4.78, 5) is 2.37. The molecule has 1 N–H and O–H groups in total. The van der Waals surface area contributed by atoms with E-state index in [0.717, 1.165) is 25.3 Å². The maximum atomic E-state index is 10.3. The third kappa shape index (κ3) is 8.95. The Bertz CT molecular complexity index is 610. The fraction of sp³-hybridized carbons (Fsp3) is 0.769. The average molecular weight is 420 g/mol. The summed E-state index contributed by atoms with van der Waals surface area (Å²) in [7, 11) is 0. The van der Waals surface area contributed by atoms with Crippen molar-refractivity contribution in [2.75, 3.05) is 39.5 Å². The van der Waals surface area contributed by atoms with Gasteiger partial charge >= 0.3 is 0 Å². The normalized spacial score (nSPS) is 22.1. The topological polar surface area (TPSA) is 41.9 Å². The van der Waals surface area contributed by atoms with Gasteiger partial charge in [-0.3, -0.25) is 0 Å². The molecule has 1 aliphatic rings. The first-order chi connectivity index (χ1) is 13.9. The van der Waals surface area contributed by atoms with Crippen LogP contribution in [0.1, 0.15) is 66.9 Å². The van der Waals surface area contributed by atoms with Crippen LogP contribution in [0.5, 0.6) is 5.75 Å². The monoisotopic (exact) mass is 419 g/mol. The molecule has 1 aromatic carbocycles. The first-order valence-corrected chi connectivity index (χ1v) is 11.7. The van der Waals surface area contributed by atoms with Gasteiger partial charge in [-0.1, -0.05) is 60.6 Å². The van der Waals surface area contributed by atoms with E-state index in [1.54, 1.807) is 0 Å². The summed E-state index contributed by atoms with van der Waals surface area (Å²) < 4.78 is 11.5. The van der Waals surface area contributed by atoms with Gasteiger partial charge < -0.3 is 19.5 Å². The van der Waals surface area contributed by atoms with Crippen molar-refractivity contribution in [1.82, 2.24) is 4.90 Å². The molecule has 2 rings (SSSR count). The van der Waals surface area contributed by atoms with Gasteiger partial charge in [0, 0.05) is 19.6 Å². The van der Waals surface area contributed by atoms with Crippen LogP contribution in [-0.4, -0.2) is 55.6 Å². The number of nitrogens with zero attached hydrogens (tertiary/aromatic N) is 1. The quantitative estimate of drug-likeness (QED) is 0.534. The summed E-state index contributed by atoms with van der Waals surface area (Å²) in [6.45, 7) is 20.3. The molecule has 1 saturated heterocycles. The van der Waals surface area contributed by atoms with E-state index in [4.69, 9.17) is 9.47 Å². The number of piperidine rings is 1. The summed E-state index contributed by atoms with van der Waals surface area (Å²) >= 11 is 0. The van der Waals surface area contributed by atoms with Gasteiger partial charge in [0.15, 0.2) is 0 Å². The number of β-amino-alcohol motifs (C(OH)–C–C–N with tert-alkyl or cyclic N) is 1. The Kier molecular flexibility index (Phi) is 9.20. The zero-order chi connectivity index (χ0) is 22.4. The molecule has 0 saturated carbocycles. The van der Waals surface area contributed by atoms with Crippen LogP contribution >= 0.6 is 0 Å². The van der Waals surface area contributed by atoms with Crippen LogP contribution in [0.3, 0.4) is 0 Å². The van der Waals surface area contributed by atoms with Crippen LogP contribution in [0.2, 0.25) is 0 Å². The molecule has 1 fully saturated rings. The van der Waals surface area contributed by atoms with Crippen LogP contribution in [0, 0.1) is 17.3 Å². The molecular formula is C26H45NO3. The number of likely N-dealkylation sites (tertiary alicyclic amines) is 1. The summed E-state index contributed by atoms with van der Waals surface area (Å²) in [6, 6.07) is 8.44. The Balaban J connectivity index is 1.66. The molecule has 0 aromatic heterocycles. The second kappa shape index (κ2) is 11.0. The molecule has 0 aliphatic carbocycles. The van der Waals surface area contributed by atoms with E-state index in [0.29, 0.717) is 43.6 Å². The van der Waals surface area contributed by atoms with Gasteiger partial charge in [0.1, 0.15) is 12.4 Å². The van der Waals surface area contributed by atoms with E-state index < -0.39 is 6.10 Å². The SMILES string of the molecule is C[C@@H]1C[C@@H](C)CN(C[C@@H](O)COCCOc2ccc(C(C)(C)CC(C)(C)C)cc2)C1. The zero-order valence-electron chi connectivity index (χ0n) is 20.4. The highest BCUT2D eigenvalue weighted by Gasteiger charge is 2.27. The summed E-state index contributed by atoms with van der Waals surface area (Å²) in [5.41, 5.74) is 1.77. The first kappa shape index (κ1) is 25.2. The van der Waals surface area contributed by atoms with E-state index in [2.05, 4.69) is 65.5 Å². The highest BCUT2D eigenvalue weighted by molar-refractivity contribution is 5.31. The van der Waals surface area contributed by atoms with E-state index in [-0.39, 0.29) is 5.41 Å². The smallest absolute Gasteiger partial charge is 0.119 e. The minimum Gasteiger partial charge on any atom is -0.491 e. The van der Waals surface area contributed by atoms with Crippen LogP contribution in [0.15, 0.2) is 24.3 Å². The van der Waals surface area contributed by atoms with Gasteiger partial charge in [-0.25, -0.2) is 0 Å². The lowest BCUT2D eigenvalue weighted by Gasteiger charge is -2.35. The molecule has 0 radical (unpaired) electrons. The van der Waals surface area contributed by atoms with Crippen LogP contribution in [0.25, 0.3) is 0 Å². The van der Waals surface area contributed by atoms with Crippen LogP contribution in [0.4, 0.5) is 0 Å². The number of hydrogen-bond acceptors (Lipinski definition) is 4. The van der Waals surface area contributed by atoms with E-state index in [9.17, 15) is 5.11 Å². The van der Waals surface area contributed by atoms with E-state index >= 15 is 0 Å². The molecule has 4 heteroatoms. The molecule has 0 bridgehead atoms. The molecule has 3 atom stereocenters. The standard InChI is InChI=1S/C26H45NO3/c1-20-14-21(2)16-27(15-20)17-23(28)18-29-12-13-30-24-10-8-22(9-11-24)26(6,7)19-25(3,4)5/h8-11,20-21,23,28H,12-19H2,1-7H3/t20-,21-,23-/m1/s1. The van der Waals surface area contributed by atoms with Crippen molar-refractivity contribution >= 4 is 0 Å². The number of hydrogen-bond donors (Lipinski definition) is 1. The highest BCUT2D eigenvalue weighted by Crippen LogP contribution is 2.36.